The monoisotopic (exact) mass is 288 g/mol. The van der Waals surface area contributed by atoms with E-state index >= 15 is 0 Å². The fourth-order valence-electron chi connectivity index (χ4n) is 2.17. The van der Waals surface area contributed by atoms with Gasteiger partial charge in [0.2, 0.25) is 5.88 Å². The number of hydrogen-bond acceptors (Lipinski definition) is 3. The molecule has 2 N–H and O–H groups in total. The van der Waals surface area contributed by atoms with Crippen LogP contribution in [0, 0.1) is 11.8 Å². The number of rotatable bonds is 6. The van der Waals surface area contributed by atoms with Crippen LogP contribution in [0.3, 0.4) is 0 Å². The summed E-state index contributed by atoms with van der Waals surface area (Å²) in [6.45, 7) is 3.77. The smallest absolute Gasteiger partial charge is 0.213 e. The molecule has 0 spiro atoms. The SMILES string of the molecule is CN=C(NCc1ccc(OCC2CC2)nc1)NC1CC1C. The van der Waals surface area contributed by atoms with Gasteiger partial charge in [0.05, 0.1) is 6.61 Å². The highest BCUT2D eigenvalue weighted by Gasteiger charge is 2.33. The number of aliphatic imine (C=N–C) groups is 1. The van der Waals surface area contributed by atoms with Crippen LogP contribution in [-0.2, 0) is 6.54 Å². The zero-order valence-electron chi connectivity index (χ0n) is 12.8. The first-order chi connectivity index (χ1) is 10.2. The molecular weight excluding hydrogens is 264 g/mol. The third kappa shape index (κ3) is 4.34. The van der Waals surface area contributed by atoms with Gasteiger partial charge in [-0.2, -0.15) is 0 Å². The molecule has 0 bridgehead atoms. The predicted molar refractivity (Wildman–Crippen MR) is 83.4 cm³/mol. The molecule has 5 nitrogen and oxygen atoms in total. The second kappa shape index (κ2) is 6.33. The summed E-state index contributed by atoms with van der Waals surface area (Å²) in [5.74, 6) is 3.10. The molecule has 21 heavy (non-hydrogen) atoms. The van der Waals surface area contributed by atoms with Gasteiger partial charge in [-0.3, -0.25) is 4.99 Å². The van der Waals surface area contributed by atoms with Crippen LogP contribution in [0.2, 0.25) is 0 Å². The molecule has 2 aliphatic carbocycles. The number of guanidine groups is 1. The van der Waals surface area contributed by atoms with E-state index < -0.39 is 0 Å². The van der Waals surface area contributed by atoms with Crippen molar-refractivity contribution in [1.29, 1.82) is 0 Å². The largest absolute Gasteiger partial charge is 0.477 e. The molecule has 2 unspecified atom stereocenters. The van der Waals surface area contributed by atoms with Gasteiger partial charge in [-0.05, 0) is 36.7 Å². The van der Waals surface area contributed by atoms with E-state index in [9.17, 15) is 0 Å². The first-order valence-corrected chi connectivity index (χ1v) is 7.79. The molecule has 2 fully saturated rings. The molecule has 0 aromatic carbocycles. The highest BCUT2D eigenvalue weighted by Crippen LogP contribution is 2.29. The Labute approximate surface area is 126 Å². The third-order valence-corrected chi connectivity index (χ3v) is 4.08. The Balaban J connectivity index is 1.43. The van der Waals surface area contributed by atoms with E-state index in [0.29, 0.717) is 6.04 Å². The van der Waals surface area contributed by atoms with Crippen molar-refractivity contribution in [2.45, 2.75) is 38.8 Å². The number of nitrogens with zero attached hydrogens (tertiary/aromatic N) is 2. The van der Waals surface area contributed by atoms with Crippen LogP contribution in [-0.4, -0.2) is 30.6 Å². The van der Waals surface area contributed by atoms with Crippen LogP contribution in [0.5, 0.6) is 5.88 Å². The fraction of sp³-hybridized carbons (Fsp3) is 0.625. The molecular formula is C16H24N4O. The Morgan fingerprint density at radius 2 is 2.24 bits per heavy atom. The Morgan fingerprint density at radius 1 is 1.43 bits per heavy atom. The average molecular weight is 288 g/mol. The summed E-state index contributed by atoms with van der Waals surface area (Å²) in [5.41, 5.74) is 1.13. The lowest BCUT2D eigenvalue weighted by molar-refractivity contribution is 0.288. The van der Waals surface area contributed by atoms with Gasteiger partial charge in [0, 0.05) is 31.9 Å². The first kappa shape index (κ1) is 14.2. The Hall–Kier alpha value is -1.78. The maximum Gasteiger partial charge on any atom is 0.213 e. The quantitative estimate of drug-likeness (QED) is 0.620. The second-order valence-corrected chi connectivity index (χ2v) is 6.15. The van der Waals surface area contributed by atoms with E-state index in [1.807, 2.05) is 12.3 Å². The number of ether oxygens (including phenoxy) is 1. The third-order valence-electron chi connectivity index (χ3n) is 4.08. The van der Waals surface area contributed by atoms with E-state index in [4.69, 9.17) is 4.74 Å². The molecule has 1 aromatic rings. The minimum Gasteiger partial charge on any atom is -0.477 e. The van der Waals surface area contributed by atoms with Crippen molar-refractivity contribution in [3.05, 3.63) is 23.9 Å². The number of pyridine rings is 1. The van der Waals surface area contributed by atoms with Gasteiger partial charge >= 0.3 is 0 Å². The van der Waals surface area contributed by atoms with Gasteiger partial charge in [0.25, 0.3) is 0 Å². The van der Waals surface area contributed by atoms with Crippen molar-refractivity contribution in [2.75, 3.05) is 13.7 Å². The Bertz CT molecular complexity index is 496. The summed E-state index contributed by atoms with van der Waals surface area (Å²) in [6.07, 6.45) is 5.69. The van der Waals surface area contributed by atoms with Crippen LogP contribution in [0.1, 0.15) is 31.7 Å². The van der Waals surface area contributed by atoms with Gasteiger partial charge in [-0.25, -0.2) is 4.98 Å². The lowest BCUT2D eigenvalue weighted by Crippen LogP contribution is -2.38. The number of aromatic nitrogens is 1. The molecule has 0 saturated heterocycles. The minimum absolute atomic E-state index is 0.576. The van der Waals surface area contributed by atoms with Crippen molar-refractivity contribution >= 4 is 5.96 Å². The molecule has 114 valence electrons. The predicted octanol–water partition coefficient (Wildman–Crippen LogP) is 1.94. The van der Waals surface area contributed by atoms with E-state index in [2.05, 4.69) is 33.6 Å². The molecule has 2 aliphatic rings. The lowest BCUT2D eigenvalue weighted by Gasteiger charge is -2.11. The maximum absolute atomic E-state index is 5.64. The normalized spacial score (nSPS) is 24.6. The fourth-order valence-corrected chi connectivity index (χ4v) is 2.17. The molecule has 1 heterocycles. The van der Waals surface area contributed by atoms with Crippen molar-refractivity contribution in [3.8, 4) is 5.88 Å². The number of hydrogen-bond donors (Lipinski definition) is 2. The molecule has 2 saturated carbocycles. The van der Waals surface area contributed by atoms with E-state index in [1.165, 1.54) is 19.3 Å². The summed E-state index contributed by atoms with van der Waals surface area (Å²) in [4.78, 5) is 8.59. The van der Waals surface area contributed by atoms with Crippen LogP contribution in [0.15, 0.2) is 23.3 Å². The van der Waals surface area contributed by atoms with Crippen molar-refractivity contribution < 1.29 is 4.74 Å². The molecule has 3 rings (SSSR count). The van der Waals surface area contributed by atoms with Gasteiger partial charge in [-0.15, -0.1) is 0 Å². The molecule has 2 atom stereocenters. The van der Waals surface area contributed by atoms with E-state index in [0.717, 1.165) is 42.4 Å². The summed E-state index contributed by atoms with van der Waals surface area (Å²) in [5, 5.41) is 6.72. The molecule has 0 aliphatic heterocycles. The van der Waals surface area contributed by atoms with Crippen LogP contribution < -0.4 is 15.4 Å². The molecule has 5 heteroatoms. The highest BCUT2D eigenvalue weighted by molar-refractivity contribution is 5.80. The van der Waals surface area contributed by atoms with E-state index in [1.54, 1.807) is 7.05 Å². The molecule has 0 amide bonds. The summed E-state index contributed by atoms with van der Waals surface area (Å²) >= 11 is 0. The zero-order valence-corrected chi connectivity index (χ0v) is 12.8. The topological polar surface area (TPSA) is 58.5 Å². The Kier molecular flexibility index (Phi) is 4.27. The first-order valence-electron chi connectivity index (χ1n) is 7.79. The maximum atomic E-state index is 5.64. The van der Waals surface area contributed by atoms with E-state index in [-0.39, 0.29) is 0 Å². The van der Waals surface area contributed by atoms with Gasteiger partial charge in [0.15, 0.2) is 5.96 Å². The second-order valence-electron chi connectivity index (χ2n) is 6.15. The van der Waals surface area contributed by atoms with Crippen LogP contribution >= 0.6 is 0 Å². The number of nitrogens with one attached hydrogen (secondary N) is 2. The van der Waals surface area contributed by atoms with Crippen molar-refractivity contribution in [1.82, 2.24) is 15.6 Å². The van der Waals surface area contributed by atoms with Crippen molar-refractivity contribution in [3.63, 3.8) is 0 Å². The zero-order chi connectivity index (χ0) is 14.7. The molecule has 0 radical (unpaired) electrons. The van der Waals surface area contributed by atoms with Crippen LogP contribution in [0.4, 0.5) is 0 Å². The van der Waals surface area contributed by atoms with Crippen LogP contribution in [0.25, 0.3) is 0 Å². The van der Waals surface area contributed by atoms with Gasteiger partial charge < -0.3 is 15.4 Å². The minimum atomic E-state index is 0.576. The highest BCUT2D eigenvalue weighted by atomic mass is 16.5. The summed E-state index contributed by atoms with van der Waals surface area (Å²) in [7, 11) is 1.80. The van der Waals surface area contributed by atoms with Gasteiger partial charge in [-0.1, -0.05) is 13.0 Å². The van der Waals surface area contributed by atoms with Gasteiger partial charge in [0.1, 0.15) is 0 Å². The lowest BCUT2D eigenvalue weighted by atomic mass is 10.3. The summed E-state index contributed by atoms with van der Waals surface area (Å²) in [6, 6.07) is 4.57. The summed E-state index contributed by atoms with van der Waals surface area (Å²) < 4.78 is 5.64. The average Bonchev–Trinajstić information content (AvgIpc) is 3.41. The Morgan fingerprint density at radius 3 is 2.81 bits per heavy atom. The van der Waals surface area contributed by atoms with Crippen molar-refractivity contribution in [2.24, 2.45) is 16.8 Å². The standard InChI is InChI=1S/C16H24N4O/c1-11-7-14(11)20-16(17-2)19-9-13-5-6-15(18-8-13)21-10-12-3-4-12/h5-6,8,11-12,14H,3-4,7,9-10H2,1-2H3,(H2,17,19,20). The molecule has 1 aromatic heterocycles.